The monoisotopic (exact) mass is 542 g/mol. The summed E-state index contributed by atoms with van der Waals surface area (Å²) in [5.74, 6) is -1.13. The predicted molar refractivity (Wildman–Crippen MR) is 128 cm³/mol. The van der Waals surface area contributed by atoms with Crippen molar-refractivity contribution in [2.24, 2.45) is 0 Å². The summed E-state index contributed by atoms with van der Waals surface area (Å²) in [6.07, 6.45) is 0.956. The second-order valence-electron chi connectivity index (χ2n) is 8.48. The number of sulfone groups is 2. The van der Waals surface area contributed by atoms with Gasteiger partial charge in [-0.1, -0.05) is 5.16 Å². The lowest BCUT2D eigenvalue weighted by Crippen LogP contribution is -2.25. The summed E-state index contributed by atoms with van der Waals surface area (Å²) in [4.78, 5) is 12.4. The molecule has 0 fully saturated rings. The smallest absolute Gasteiger partial charge is 0.347 e. The van der Waals surface area contributed by atoms with Crippen LogP contribution < -0.4 is 5.32 Å². The fraction of sp³-hybridized carbons (Fsp3) is 0.304. The van der Waals surface area contributed by atoms with Crippen molar-refractivity contribution < 1.29 is 40.0 Å². The maximum Gasteiger partial charge on any atom is 0.347 e. The first kappa shape index (κ1) is 27.3. The lowest BCUT2D eigenvalue weighted by Gasteiger charge is -2.18. The summed E-state index contributed by atoms with van der Waals surface area (Å²) < 4.78 is 81.3. The van der Waals surface area contributed by atoms with Gasteiger partial charge in [0.25, 0.3) is 5.91 Å². The third-order valence-corrected chi connectivity index (χ3v) is 8.71. The van der Waals surface area contributed by atoms with Crippen LogP contribution in [0.4, 0.5) is 14.5 Å². The molecule has 1 amide bonds. The molecule has 9 nitrogen and oxygen atoms in total. The number of phenols is 1. The van der Waals surface area contributed by atoms with Crippen LogP contribution in [0.5, 0.6) is 5.75 Å². The molecule has 2 N–H and O–H groups in total. The van der Waals surface area contributed by atoms with Gasteiger partial charge in [0.15, 0.2) is 9.84 Å². The van der Waals surface area contributed by atoms with Gasteiger partial charge in [-0.25, -0.2) is 16.8 Å². The van der Waals surface area contributed by atoms with Gasteiger partial charge in [-0.3, -0.25) is 4.79 Å². The highest BCUT2D eigenvalue weighted by atomic mass is 32.2. The van der Waals surface area contributed by atoms with Crippen molar-refractivity contribution >= 4 is 31.3 Å². The van der Waals surface area contributed by atoms with Crippen molar-refractivity contribution in [3.63, 3.8) is 0 Å². The Bertz CT molecular complexity index is 1580. The Labute approximate surface area is 207 Å². The van der Waals surface area contributed by atoms with E-state index >= 15 is 0 Å². The summed E-state index contributed by atoms with van der Waals surface area (Å²) in [7, 11) is -8.78. The molecule has 194 valence electrons. The van der Waals surface area contributed by atoms with Gasteiger partial charge in [0.2, 0.25) is 9.84 Å². The number of amides is 1. The van der Waals surface area contributed by atoms with Crippen LogP contribution in [-0.4, -0.2) is 44.5 Å². The Morgan fingerprint density at radius 2 is 1.69 bits per heavy atom. The molecule has 3 rings (SSSR count). The van der Waals surface area contributed by atoms with Gasteiger partial charge in [0, 0.05) is 24.4 Å². The van der Waals surface area contributed by atoms with E-state index in [9.17, 15) is 35.5 Å². The van der Waals surface area contributed by atoms with Gasteiger partial charge in [-0.2, -0.15) is 8.78 Å². The largest absolute Gasteiger partial charge is 0.506 e. The highest BCUT2D eigenvalue weighted by Crippen LogP contribution is 2.41. The molecule has 0 radical (unpaired) electrons. The number of benzene rings is 2. The molecule has 0 spiro atoms. The Balaban J connectivity index is 2.16. The van der Waals surface area contributed by atoms with Crippen molar-refractivity contribution in [3.05, 3.63) is 52.4 Å². The molecule has 1 aromatic heterocycles. The van der Waals surface area contributed by atoms with Crippen molar-refractivity contribution in [1.82, 2.24) is 5.16 Å². The molecule has 0 aliphatic carbocycles. The molecule has 0 saturated carbocycles. The van der Waals surface area contributed by atoms with Crippen molar-refractivity contribution in [2.75, 3.05) is 11.6 Å². The number of aromatic hydroxyl groups is 1. The summed E-state index contributed by atoms with van der Waals surface area (Å²) in [6.45, 7) is 6.17. The molecular weight excluding hydrogens is 518 g/mol. The van der Waals surface area contributed by atoms with E-state index in [1.54, 1.807) is 13.8 Å². The number of aromatic nitrogens is 1. The van der Waals surface area contributed by atoms with E-state index in [1.165, 1.54) is 19.9 Å². The van der Waals surface area contributed by atoms with E-state index in [1.807, 2.05) is 0 Å². The lowest BCUT2D eigenvalue weighted by molar-refractivity contribution is 0.102. The van der Waals surface area contributed by atoms with Crippen LogP contribution in [0, 0.1) is 27.7 Å². The Hall–Kier alpha value is -3.32. The number of anilines is 1. The second-order valence-corrected chi connectivity index (χ2v) is 12.7. The molecule has 0 unspecified atom stereocenters. The molecule has 36 heavy (non-hydrogen) atoms. The molecule has 1 heterocycles. The van der Waals surface area contributed by atoms with Crippen LogP contribution in [0.25, 0.3) is 11.1 Å². The van der Waals surface area contributed by atoms with Gasteiger partial charge in [0.05, 0.1) is 26.6 Å². The van der Waals surface area contributed by atoms with Crippen LogP contribution in [-0.2, 0) is 19.7 Å². The summed E-state index contributed by atoms with van der Waals surface area (Å²) >= 11 is 0. The molecule has 2 aromatic carbocycles. The Morgan fingerprint density at radius 1 is 1.08 bits per heavy atom. The molecule has 0 aliphatic heterocycles. The molecular formula is C23H24F2N2O7S2. The third-order valence-electron chi connectivity index (χ3n) is 5.67. The van der Waals surface area contributed by atoms with Crippen LogP contribution in [0.15, 0.2) is 38.6 Å². The van der Waals surface area contributed by atoms with Gasteiger partial charge < -0.3 is 14.9 Å². The van der Waals surface area contributed by atoms with E-state index in [-0.39, 0.29) is 45.5 Å². The first-order chi connectivity index (χ1) is 16.4. The van der Waals surface area contributed by atoms with Gasteiger partial charge in [0.1, 0.15) is 11.5 Å². The minimum absolute atomic E-state index is 0.0192. The van der Waals surface area contributed by atoms with Gasteiger partial charge in [-0.15, -0.1) is 0 Å². The molecule has 0 aliphatic rings. The van der Waals surface area contributed by atoms with E-state index < -0.39 is 41.5 Å². The zero-order valence-corrected chi connectivity index (χ0v) is 21.9. The minimum Gasteiger partial charge on any atom is -0.506 e. The standard InChI is InChI=1S/C23H24F2N2O7S2/c1-11-9-15(36(32,33)23(5,24)25)7-8-17(11)26-22(29)19-12(2)18(35(6,30)31)10-16(21(19)28)20-13(3)27-34-14(20)4/h7-10,28H,1-6H3,(H,26,29). The number of rotatable bonds is 6. The molecule has 0 bridgehead atoms. The highest BCUT2D eigenvalue weighted by molar-refractivity contribution is 7.92. The lowest BCUT2D eigenvalue weighted by atomic mass is 9.96. The van der Waals surface area contributed by atoms with E-state index in [0.717, 1.165) is 24.5 Å². The zero-order valence-electron chi connectivity index (χ0n) is 20.2. The van der Waals surface area contributed by atoms with Crippen LogP contribution in [0.1, 0.15) is 39.9 Å². The summed E-state index contributed by atoms with van der Waals surface area (Å²) in [5.41, 5.74) is 0.549. The summed E-state index contributed by atoms with van der Waals surface area (Å²) in [5, 5.41) is 13.3. The zero-order chi connectivity index (χ0) is 27.4. The number of carbonyl (C=O) groups is 1. The normalized spacial score (nSPS) is 12.6. The average Bonchev–Trinajstić information content (AvgIpc) is 3.06. The highest BCUT2D eigenvalue weighted by Gasteiger charge is 2.41. The first-order valence-electron chi connectivity index (χ1n) is 10.4. The number of alkyl halides is 2. The van der Waals surface area contributed by atoms with Crippen molar-refractivity contribution in [3.8, 4) is 16.9 Å². The number of aryl methyl sites for hydroxylation is 3. The number of halogens is 2. The van der Waals surface area contributed by atoms with E-state index in [2.05, 4.69) is 10.5 Å². The van der Waals surface area contributed by atoms with E-state index in [4.69, 9.17) is 4.52 Å². The van der Waals surface area contributed by atoms with Gasteiger partial charge in [-0.05, 0) is 63.1 Å². The SMILES string of the molecule is Cc1cc(S(=O)(=O)C(C)(F)F)ccc1NC(=O)c1c(C)c(S(C)(=O)=O)cc(-c2c(C)noc2C)c1O. The topological polar surface area (TPSA) is 144 Å². The fourth-order valence-corrected chi connectivity index (χ4v) is 5.78. The summed E-state index contributed by atoms with van der Waals surface area (Å²) in [6, 6.07) is 4.27. The average molecular weight is 543 g/mol. The number of hydrogen-bond donors (Lipinski definition) is 2. The Kier molecular flexibility index (Phi) is 6.79. The molecule has 0 atom stereocenters. The van der Waals surface area contributed by atoms with Gasteiger partial charge >= 0.3 is 5.25 Å². The van der Waals surface area contributed by atoms with Crippen LogP contribution >= 0.6 is 0 Å². The van der Waals surface area contributed by atoms with Crippen LogP contribution in [0.3, 0.4) is 0 Å². The third kappa shape index (κ3) is 4.72. The maximum absolute atomic E-state index is 13.5. The minimum atomic E-state index is -4.94. The number of phenolic OH excluding ortho intramolecular Hbond substituents is 1. The molecule has 3 aromatic rings. The van der Waals surface area contributed by atoms with Crippen LogP contribution in [0.2, 0.25) is 0 Å². The molecule has 0 saturated heterocycles. The number of carbonyl (C=O) groups excluding carboxylic acids is 1. The fourth-order valence-electron chi connectivity index (χ4n) is 3.80. The maximum atomic E-state index is 13.5. The quantitative estimate of drug-likeness (QED) is 0.469. The first-order valence-corrected chi connectivity index (χ1v) is 13.8. The predicted octanol–water partition coefficient (Wildman–Crippen LogP) is 4.32. The second kappa shape index (κ2) is 8.96. The molecule has 13 heteroatoms. The number of nitrogens with zero attached hydrogens (tertiary/aromatic N) is 1. The Morgan fingerprint density at radius 3 is 2.17 bits per heavy atom. The number of nitrogens with one attached hydrogen (secondary N) is 1. The van der Waals surface area contributed by atoms with Crippen molar-refractivity contribution in [1.29, 1.82) is 0 Å². The number of hydrogen-bond acceptors (Lipinski definition) is 8. The van der Waals surface area contributed by atoms with Crippen molar-refractivity contribution in [2.45, 2.75) is 49.7 Å². The van der Waals surface area contributed by atoms with E-state index in [0.29, 0.717) is 11.3 Å².